The summed E-state index contributed by atoms with van der Waals surface area (Å²) in [6, 6.07) is 23.1. The Hall–Kier alpha value is -3.22. The topological polar surface area (TPSA) is 61.8 Å². The van der Waals surface area contributed by atoms with Crippen LogP contribution in [0.5, 0.6) is 5.75 Å². The van der Waals surface area contributed by atoms with Gasteiger partial charge in [-0.3, -0.25) is 4.79 Å². The van der Waals surface area contributed by atoms with Crippen molar-refractivity contribution in [1.29, 1.82) is 0 Å². The molecule has 3 aromatic carbocycles. The second-order valence-electron chi connectivity index (χ2n) is 8.41. The minimum absolute atomic E-state index is 0.0967. The molecule has 1 aliphatic rings. The minimum Gasteiger partial charge on any atom is -0.490 e. The van der Waals surface area contributed by atoms with Gasteiger partial charge in [0.2, 0.25) is 0 Å². The highest BCUT2D eigenvalue weighted by Crippen LogP contribution is 2.28. The van der Waals surface area contributed by atoms with Crippen LogP contribution >= 0.6 is 0 Å². The van der Waals surface area contributed by atoms with E-state index in [1.54, 1.807) is 24.3 Å². The van der Waals surface area contributed by atoms with Gasteiger partial charge in [0.25, 0.3) is 5.91 Å². The molecule has 1 amide bonds. The van der Waals surface area contributed by atoms with E-state index in [0.29, 0.717) is 29.5 Å². The summed E-state index contributed by atoms with van der Waals surface area (Å²) in [5.41, 5.74) is 2.24. The summed E-state index contributed by atoms with van der Waals surface area (Å²) in [5, 5.41) is 13.3. The lowest BCUT2D eigenvalue weighted by Crippen LogP contribution is -2.40. The number of aliphatic hydroxyl groups excluding tert-OH is 1. The van der Waals surface area contributed by atoms with E-state index >= 15 is 0 Å². The number of nitrogens with zero attached hydrogens (tertiary/aromatic N) is 1. The number of hydrogen-bond acceptors (Lipinski definition) is 4. The van der Waals surface area contributed by atoms with Crippen molar-refractivity contribution in [1.82, 2.24) is 4.90 Å². The van der Waals surface area contributed by atoms with Gasteiger partial charge >= 0.3 is 0 Å². The molecule has 172 valence electrons. The highest BCUT2D eigenvalue weighted by atomic mass is 19.1. The third-order valence-electron chi connectivity index (χ3n) is 5.99. The van der Waals surface area contributed by atoms with Gasteiger partial charge in [0, 0.05) is 12.2 Å². The summed E-state index contributed by atoms with van der Waals surface area (Å²) >= 11 is 0. The molecule has 0 spiro atoms. The number of anilines is 1. The van der Waals surface area contributed by atoms with Crippen LogP contribution in [0.4, 0.5) is 10.1 Å². The molecule has 1 heterocycles. The van der Waals surface area contributed by atoms with Crippen LogP contribution in [0.25, 0.3) is 0 Å². The van der Waals surface area contributed by atoms with Crippen LogP contribution in [-0.2, 0) is 0 Å². The third-order valence-corrected chi connectivity index (χ3v) is 5.99. The molecular weight excluding hydrogens is 419 g/mol. The number of β-amino-alcohol motifs (C(OH)–C–C–N with tert-alkyl or cyclic N) is 1. The van der Waals surface area contributed by atoms with Gasteiger partial charge in [-0.2, -0.15) is 0 Å². The van der Waals surface area contributed by atoms with Gasteiger partial charge in [0.15, 0.2) is 0 Å². The molecule has 1 saturated heterocycles. The van der Waals surface area contributed by atoms with Gasteiger partial charge in [0.1, 0.15) is 24.3 Å². The van der Waals surface area contributed by atoms with E-state index in [2.05, 4.69) is 34.5 Å². The smallest absolute Gasteiger partial charge is 0.259 e. The Morgan fingerprint density at radius 3 is 2.39 bits per heavy atom. The number of aliphatic hydroxyl groups is 1. The Bertz CT molecular complexity index is 1030. The number of carbonyl (C=O) groups is 1. The molecular formula is C27H29FN2O3. The Balaban J connectivity index is 1.27. The van der Waals surface area contributed by atoms with Crippen molar-refractivity contribution in [2.45, 2.75) is 24.9 Å². The molecule has 6 heteroatoms. The molecule has 1 unspecified atom stereocenters. The number of ether oxygens (including phenoxy) is 1. The fraction of sp³-hybridized carbons (Fsp3) is 0.296. The zero-order valence-electron chi connectivity index (χ0n) is 18.5. The standard InChI is InChI=1S/C27H29FN2O3/c28-22-10-12-23(13-11-22)29-27(32)25-8-4-5-9-26(25)33-19-24(31)18-30-16-14-21(15-17-30)20-6-2-1-3-7-20/h1-13,21,24,31H,14-19H2,(H,29,32). The van der Waals surface area contributed by atoms with Crippen LogP contribution in [-0.4, -0.2) is 48.3 Å². The Kier molecular flexibility index (Phi) is 7.70. The summed E-state index contributed by atoms with van der Waals surface area (Å²) in [4.78, 5) is 14.9. The maximum atomic E-state index is 13.1. The number of nitrogens with one attached hydrogen (secondary N) is 1. The molecule has 5 nitrogen and oxygen atoms in total. The van der Waals surface area contributed by atoms with Crippen molar-refractivity contribution in [3.05, 3.63) is 95.8 Å². The van der Waals surface area contributed by atoms with Gasteiger partial charge in [-0.05, 0) is 73.8 Å². The Labute approximate surface area is 193 Å². The molecule has 0 aromatic heterocycles. The highest BCUT2D eigenvalue weighted by Gasteiger charge is 2.22. The maximum Gasteiger partial charge on any atom is 0.259 e. The number of likely N-dealkylation sites (tertiary alicyclic amines) is 1. The lowest BCUT2D eigenvalue weighted by atomic mass is 9.89. The van der Waals surface area contributed by atoms with Crippen LogP contribution in [0, 0.1) is 5.82 Å². The zero-order valence-corrected chi connectivity index (χ0v) is 18.5. The van der Waals surface area contributed by atoms with Gasteiger partial charge in [0.05, 0.1) is 5.56 Å². The lowest BCUT2D eigenvalue weighted by molar-refractivity contribution is 0.0589. The molecule has 1 fully saturated rings. The third kappa shape index (κ3) is 6.40. The summed E-state index contributed by atoms with van der Waals surface area (Å²) < 4.78 is 18.9. The fourth-order valence-corrected chi connectivity index (χ4v) is 4.22. The molecule has 0 aliphatic carbocycles. The summed E-state index contributed by atoms with van der Waals surface area (Å²) in [7, 11) is 0. The Morgan fingerprint density at radius 2 is 1.67 bits per heavy atom. The number of benzene rings is 3. The van der Waals surface area contributed by atoms with E-state index < -0.39 is 6.10 Å². The fourth-order valence-electron chi connectivity index (χ4n) is 4.22. The number of para-hydroxylation sites is 1. The van der Waals surface area contributed by atoms with Crippen molar-refractivity contribution in [3.63, 3.8) is 0 Å². The van der Waals surface area contributed by atoms with Crippen molar-refractivity contribution < 1.29 is 19.0 Å². The van der Waals surface area contributed by atoms with Crippen molar-refractivity contribution in [2.75, 3.05) is 31.6 Å². The molecule has 1 aliphatic heterocycles. The number of rotatable bonds is 8. The molecule has 0 saturated carbocycles. The number of carbonyl (C=O) groups excluding carboxylic acids is 1. The van der Waals surface area contributed by atoms with Crippen LogP contribution in [0.15, 0.2) is 78.9 Å². The van der Waals surface area contributed by atoms with Crippen molar-refractivity contribution in [3.8, 4) is 5.75 Å². The predicted octanol–water partition coefficient (Wildman–Crippen LogP) is 4.70. The molecule has 3 aromatic rings. The van der Waals surface area contributed by atoms with Crippen LogP contribution in [0.3, 0.4) is 0 Å². The molecule has 0 radical (unpaired) electrons. The quantitative estimate of drug-likeness (QED) is 0.525. The lowest BCUT2D eigenvalue weighted by Gasteiger charge is -2.33. The van der Waals surface area contributed by atoms with Crippen LogP contribution in [0.2, 0.25) is 0 Å². The SMILES string of the molecule is O=C(Nc1ccc(F)cc1)c1ccccc1OCC(O)CN1CCC(c2ccccc2)CC1. The molecule has 0 bridgehead atoms. The predicted molar refractivity (Wildman–Crippen MR) is 127 cm³/mol. The number of amides is 1. The zero-order chi connectivity index (χ0) is 23.0. The van der Waals surface area contributed by atoms with Gasteiger partial charge < -0.3 is 20.1 Å². The first-order chi connectivity index (χ1) is 16.1. The van der Waals surface area contributed by atoms with Crippen molar-refractivity contribution >= 4 is 11.6 Å². The largest absolute Gasteiger partial charge is 0.490 e. The summed E-state index contributed by atoms with van der Waals surface area (Å²) in [6.45, 7) is 2.51. The van der Waals surface area contributed by atoms with E-state index in [1.165, 1.54) is 29.8 Å². The molecule has 2 N–H and O–H groups in total. The average Bonchev–Trinajstić information content (AvgIpc) is 2.85. The highest BCUT2D eigenvalue weighted by molar-refractivity contribution is 6.06. The second-order valence-corrected chi connectivity index (χ2v) is 8.41. The van der Waals surface area contributed by atoms with Crippen LogP contribution < -0.4 is 10.1 Å². The van der Waals surface area contributed by atoms with E-state index in [4.69, 9.17) is 4.74 Å². The van der Waals surface area contributed by atoms with Gasteiger partial charge in [-0.15, -0.1) is 0 Å². The van der Waals surface area contributed by atoms with E-state index in [1.807, 2.05) is 6.07 Å². The monoisotopic (exact) mass is 448 g/mol. The number of piperidine rings is 1. The Morgan fingerprint density at radius 1 is 1.00 bits per heavy atom. The van der Waals surface area contributed by atoms with Crippen molar-refractivity contribution in [2.24, 2.45) is 0 Å². The van der Waals surface area contributed by atoms with E-state index in [-0.39, 0.29) is 18.3 Å². The average molecular weight is 449 g/mol. The number of halogens is 1. The molecule has 33 heavy (non-hydrogen) atoms. The normalized spacial score (nSPS) is 15.7. The summed E-state index contributed by atoms with van der Waals surface area (Å²) in [5.74, 6) is 0.256. The van der Waals surface area contributed by atoms with Gasteiger partial charge in [-0.25, -0.2) is 4.39 Å². The van der Waals surface area contributed by atoms with Crippen LogP contribution in [0.1, 0.15) is 34.7 Å². The second kappa shape index (κ2) is 11.1. The maximum absolute atomic E-state index is 13.1. The summed E-state index contributed by atoms with van der Waals surface area (Å²) in [6.07, 6.45) is 1.49. The first-order valence-electron chi connectivity index (χ1n) is 11.3. The number of hydrogen-bond donors (Lipinski definition) is 2. The first kappa shape index (κ1) is 23.0. The minimum atomic E-state index is -0.661. The van der Waals surface area contributed by atoms with Gasteiger partial charge in [-0.1, -0.05) is 42.5 Å². The molecule has 4 rings (SSSR count). The van der Waals surface area contributed by atoms with E-state index in [9.17, 15) is 14.3 Å². The molecule has 1 atom stereocenters. The van der Waals surface area contributed by atoms with E-state index in [0.717, 1.165) is 25.9 Å². The first-order valence-corrected chi connectivity index (χ1v) is 11.3.